The predicted octanol–water partition coefficient (Wildman–Crippen LogP) is 4.52. The van der Waals surface area contributed by atoms with Crippen molar-refractivity contribution in [1.82, 2.24) is 0 Å². The van der Waals surface area contributed by atoms with Crippen LogP contribution in [0.2, 0.25) is 0 Å². The highest BCUT2D eigenvalue weighted by Gasteiger charge is 2.27. The van der Waals surface area contributed by atoms with Crippen LogP contribution in [0.4, 0.5) is 0 Å². The van der Waals surface area contributed by atoms with E-state index in [9.17, 15) is 0 Å². The fourth-order valence-corrected chi connectivity index (χ4v) is 2.56. The lowest BCUT2D eigenvalue weighted by atomic mass is 9.83. The van der Waals surface area contributed by atoms with E-state index in [4.69, 9.17) is 4.74 Å². The third-order valence-corrected chi connectivity index (χ3v) is 3.37. The van der Waals surface area contributed by atoms with Gasteiger partial charge in [0.1, 0.15) is 6.10 Å². The highest BCUT2D eigenvalue weighted by molar-refractivity contribution is 5.98. The molecule has 0 radical (unpaired) electrons. The van der Waals surface area contributed by atoms with Gasteiger partial charge in [-0.1, -0.05) is 31.9 Å². The molecule has 0 N–H and O–H groups in total. The second-order valence-electron chi connectivity index (χ2n) is 5.24. The summed E-state index contributed by atoms with van der Waals surface area (Å²) in [5, 5.41) is 0. The zero-order valence-electron chi connectivity index (χ0n) is 12.1. The lowest BCUT2D eigenvalue weighted by Crippen LogP contribution is -2.35. The van der Waals surface area contributed by atoms with Crippen LogP contribution in [-0.4, -0.2) is 17.9 Å². The zero-order chi connectivity index (χ0) is 13.4. The highest BCUT2D eigenvalue weighted by Crippen LogP contribution is 2.29. The molecule has 102 valence electrons. The summed E-state index contributed by atoms with van der Waals surface area (Å²) in [6.07, 6.45) is 12.5. The van der Waals surface area contributed by atoms with Crippen molar-refractivity contribution in [2.75, 3.05) is 0 Å². The molecule has 1 saturated carbocycles. The van der Waals surface area contributed by atoms with Crippen molar-refractivity contribution in [3.63, 3.8) is 0 Å². The van der Waals surface area contributed by atoms with Crippen molar-refractivity contribution in [3.8, 4) is 0 Å². The monoisotopic (exact) mass is 249 g/mol. The Labute approximate surface area is 112 Å². The van der Waals surface area contributed by atoms with Crippen molar-refractivity contribution >= 4 is 5.71 Å². The Morgan fingerprint density at radius 1 is 1.28 bits per heavy atom. The Morgan fingerprint density at radius 2 is 1.94 bits per heavy atom. The molecule has 0 bridgehead atoms. The number of nitrogens with zero attached hydrogens (tertiary/aromatic N) is 1. The van der Waals surface area contributed by atoms with Gasteiger partial charge in [-0.05, 0) is 45.6 Å². The lowest BCUT2D eigenvalue weighted by molar-refractivity contribution is 0.00506. The van der Waals surface area contributed by atoms with Gasteiger partial charge in [-0.3, -0.25) is 4.99 Å². The van der Waals surface area contributed by atoms with Crippen LogP contribution in [0.3, 0.4) is 0 Å². The minimum atomic E-state index is 0.110. The fourth-order valence-electron chi connectivity index (χ4n) is 2.56. The average molecular weight is 249 g/mol. The van der Waals surface area contributed by atoms with Crippen LogP contribution >= 0.6 is 0 Å². The summed E-state index contributed by atoms with van der Waals surface area (Å²) in [5.41, 5.74) is 0.980. The van der Waals surface area contributed by atoms with Gasteiger partial charge in [0.25, 0.3) is 0 Å². The first-order valence-corrected chi connectivity index (χ1v) is 7.15. The highest BCUT2D eigenvalue weighted by atomic mass is 16.5. The van der Waals surface area contributed by atoms with E-state index in [-0.39, 0.29) is 12.2 Å². The largest absolute Gasteiger partial charge is 0.369 e. The minimum absolute atomic E-state index is 0.110. The molecule has 1 fully saturated rings. The molecule has 0 amide bonds. The molecule has 1 unspecified atom stereocenters. The Hall–Kier alpha value is -0.890. The first-order chi connectivity index (χ1) is 8.69. The Balaban J connectivity index is 2.83. The number of allylic oxidation sites excluding steroid dienone is 1. The van der Waals surface area contributed by atoms with Gasteiger partial charge >= 0.3 is 0 Å². The number of aliphatic imine (C=N–C) groups is 1. The van der Waals surface area contributed by atoms with Crippen LogP contribution in [0.15, 0.2) is 29.9 Å². The molecule has 0 saturated heterocycles. The van der Waals surface area contributed by atoms with Crippen molar-refractivity contribution < 1.29 is 4.74 Å². The molecule has 0 aliphatic heterocycles. The van der Waals surface area contributed by atoms with Crippen LogP contribution in [0.5, 0.6) is 0 Å². The van der Waals surface area contributed by atoms with E-state index in [2.05, 4.69) is 25.4 Å². The molecule has 2 heteroatoms. The zero-order valence-corrected chi connectivity index (χ0v) is 12.1. The first kappa shape index (κ1) is 15.2. The molecule has 0 aromatic heterocycles. The molecule has 0 aromatic rings. The van der Waals surface area contributed by atoms with Gasteiger partial charge in [0.15, 0.2) is 0 Å². The second kappa shape index (κ2) is 8.25. The molecular weight excluding hydrogens is 222 g/mol. The first-order valence-electron chi connectivity index (χ1n) is 7.15. The van der Waals surface area contributed by atoms with E-state index in [0.29, 0.717) is 5.92 Å². The summed E-state index contributed by atoms with van der Waals surface area (Å²) in [7, 11) is 0. The SMILES string of the molecule is C=CC(=N/C=C\C)C(OC(C)C)C1CCCCC1. The summed E-state index contributed by atoms with van der Waals surface area (Å²) in [6, 6.07) is 0. The van der Waals surface area contributed by atoms with Gasteiger partial charge in [0.05, 0.1) is 11.8 Å². The Kier molecular flexibility index (Phi) is 6.96. The molecule has 18 heavy (non-hydrogen) atoms. The van der Waals surface area contributed by atoms with E-state index in [0.717, 1.165) is 5.71 Å². The van der Waals surface area contributed by atoms with Crippen LogP contribution < -0.4 is 0 Å². The number of hydrogen-bond acceptors (Lipinski definition) is 2. The maximum Gasteiger partial charge on any atom is 0.103 e. The van der Waals surface area contributed by atoms with Gasteiger partial charge in [-0.2, -0.15) is 0 Å². The molecule has 0 aromatic carbocycles. The smallest absolute Gasteiger partial charge is 0.103 e. The van der Waals surface area contributed by atoms with Crippen LogP contribution in [-0.2, 0) is 4.74 Å². The maximum atomic E-state index is 6.10. The summed E-state index contributed by atoms with van der Waals surface area (Å²) in [6.45, 7) is 10.0. The summed E-state index contributed by atoms with van der Waals surface area (Å²) >= 11 is 0. The van der Waals surface area contributed by atoms with E-state index in [1.165, 1.54) is 32.1 Å². The molecule has 2 nitrogen and oxygen atoms in total. The van der Waals surface area contributed by atoms with Crippen LogP contribution in [0.1, 0.15) is 52.9 Å². The van der Waals surface area contributed by atoms with E-state index in [1.807, 2.05) is 25.3 Å². The van der Waals surface area contributed by atoms with Crippen molar-refractivity contribution in [2.45, 2.75) is 65.1 Å². The van der Waals surface area contributed by atoms with E-state index in [1.54, 1.807) is 0 Å². The van der Waals surface area contributed by atoms with Gasteiger partial charge in [0, 0.05) is 6.20 Å². The van der Waals surface area contributed by atoms with E-state index >= 15 is 0 Å². The average Bonchev–Trinajstić information content (AvgIpc) is 2.39. The van der Waals surface area contributed by atoms with Gasteiger partial charge in [0.2, 0.25) is 0 Å². The molecule has 1 aliphatic rings. The third kappa shape index (κ3) is 4.77. The Morgan fingerprint density at radius 3 is 2.44 bits per heavy atom. The van der Waals surface area contributed by atoms with Gasteiger partial charge in [-0.15, -0.1) is 0 Å². The summed E-state index contributed by atoms with van der Waals surface area (Å²) < 4.78 is 6.10. The molecule has 1 rings (SSSR count). The van der Waals surface area contributed by atoms with E-state index < -0.39 is 0 Å². The second-order valence-corrected chi connectivity index (χ2v) is 5.24. The summed E-state index contributed by atoms with van der Waals surface area (Å²) in [5.74, 6) is 0.600. The fraction of sp³-hybridized carbons (Fsp3) is 0.688. The third-order valence-electron chi connectivity index (χ3n) is 3.37. The topological polar surface area (TPSA) is 21.6 Å². The molecule has 0 heterocycles. The number of rotatable bonds is 6. The van der Waals surface area contributed by atoms with Gasteiger partial charge in [-0.25, -0.2) is 0 Å². The van der Waals surface area contributed by atoms with Gasteiger partial charge < -0.3 is 4.74 Å². The maximum absolute atomic E-state index is 6.10. The lowest BCUT2D eigenvalue weighted by Gasteiger charge is -2.31. The Bertz CT molecular complexity index is 298. The molecule has 1 aliphatic carbocycles. The van der Waals surface area contributed by atoms with Crippen molar-refractivity contribution in [3.05, 3.63) is 24.9 Å². The quantitative estimate of drug-likeness (QED) is 0.634. The normalized spacial score (nSPS) is 20.6. The number of hydrogen-bond donors (Lipinski definition) is 0. The minimum Gasteiger partial charge on any atom is -0.369 e. The van der Waals surface area contributed by atoms with Crippen LogP contribution in [0.25, 0.3) is 0 Å². The predicted molar refractivity (Wildman–Crippen MR) is 79.0 cm³/mol. The molecule has 0 spiro atoms. The standard InChI is InChI=1S/C16H27NO/c1-5-12-17-15(6-2)16(18-13(3)4)14-10-8-7-9-11-14/h5-6,12-14,16H,2,7-11H2,1,3-4H3/b12-5-,17-15?. The summed E-state index contributed by atoms with van der Waals surface area (Å²) in [4.78, 5) is 4.48. The van der Waals surface area contributed by atoms with Crippen molar-refractivity contribution in [2.24, 2.45) is 10.9 Å². The number of ether oxygens (including phenoxy) is 1. The van der Waals surface area contributed by atoms with Crippen molar-refractivity contribution in [1.29, 1.82) is 0 Å². The van der Waals surface area contributed by atoms with Crippen LogP contribution in [0, 0.1) is 5.92 Å². The molecule has 1 atom stereocenters. The molecular formula is C16H27NO.